The highest BCUT2D eigenvalue weighted by atomic mass is 16.5. The maximum atomic E-state index is 5.75. The highest BCUT2D eigenvalue weighted by Crippen LogP contribution is 2.14. The number of benzene rings is 1. The first-order valence-electron chi connectivity index (χ1n) is 6.62. The first-order chi connectivity index (χ1) is 9.29. The molecule has 0 spiro atoms. The maximum absolute atomic E-state index is 5.75. The van der Waals surface area contributed by atoms with E-state index in [1.165, 1.54) is 11.1 Å². The lowest BCUT2D eigenvalue weighted by Crippen LogP contribution is -2.12. The van der Waals surface area contributed by atoms with Gasteiger partial charge in [0.1, 0.15) is 12.4 Å². The van der Waals surface area contributed by atoms with Gasteiger partial charge >= 0.3 is 0 Å². The summed E-state index contributed by atoms with van der Waals surface area (Å²) in [5.41, 5.74) is 3.49. The van der Waals surface area contributed by atoms with E-state index in [1.807, 2.05) is 24.3 Å². The fourth-order valence-electron chi connectivity index (χ4n) is 1.79. The average molecular weight is 256 g/mol. The van der Waals surface area contributed by atoms with Crippen LogP contribution >= 0.6 is 0 Å². The zero-order valence-electron chi connectivity index (χ0n) is 11.5. The second-order valence-corrected chi connectivity index (χ2v) is 4.48. The lowest BCUT2D eigenvalue weighted by Gasteiger charge is -2.09. The van der Waals surface area contributed by atoms with Crippen LogP contribution in [0.15, 0.2) is 42.6 Å². The first kappa shape index (κ1) is 13.6. The molecule has 100 valence electrons. The topological polar surface area (TPSA) is 34.1 Å². The van der Waals surface area contributed by atoms with Crippen LogP contribution in [0.25, 0.3) is 0 Å². The van der Waals surface area contributed by atoms with Gasteiger partial charge in [-0.15, -0.1) is 0 Å². The van der Waals surface area contributed by atoms with Crippen molar-refractivity contribution in [2.75, 3.05) is 6.54 Å². The lowest BCUT2D eigenvalue weighted by atomic mass is 10.1. The third kappa shape index (κ3) is 4.07. The molecule has 0 amide bonds. The summed E-state index contributed by atoms with van der Waals surface area (Å²) in [6.45, 7) is 6.51. The molecule has 3 heteroatoms. The van der Waals surface area contributed by atoms with E-state index in [0.29, 0.717) is 6.61 Å². The zero-order valence-corrected chi connectivity index (χ0v) is 11.5. The molecule has 19 heavy (non-hydrogen) atoms. The number of pyridine rings is 1. The van der Waals surface area contributed by atoms with Gasteiger partial charge < -0.3 is 10.1 Å². The van der Waals surface area contributed by atoms with Crippen LogP contribution in [-0.2, 0) is 13.2 Å². The summed E-state index contributed by atoms with van der Waals surface area (Å²) in [5, 5.41) is 3.25. The summed E-state index contributed by atoms with van der Waals surface area (Å²) in [4.78, 5) is 4.36. The van der Waals surface area contributed by atoms with Crippen molar-refractivity contribution < 1.29 is 4.74 Å². The monoisotopic (exact) mass is 256 g/mol. The Morgan fingerprint density at radius 2 is 2.00 bits per heavy atom. The molecule has 0 fully saturated rings. The molecule has 0 saturated heterocycles. The largest absolute Gasteiger partial charge is 0.487 e. The molecule has 0 bridgehead atoms. The van der Waals surface area contributed by atoms with E-state index in [9.17, 15) is 0 Å². The summed E-state index contributed by atoms with van der Waals surface area (Å²) in [7, 11) is 0. The van der Waals surface area contributed by atoms with Gasteiger partial charge in [0.25, 0.3) is 0 Å². The summed E-state index contributed by atoms with van der Waals surface area (Å²) in [6.07, 6.45) is 1.78. The van der Waals surface area contributed by atoms with Crippen LogP contribution in [0.4, 0.5) is 0 Å². The van der Waals surface area contributed by atoms with Crippen LogP contribution in [0.2, 0.25) is 0 Å². The number of aryl methyl sites for hydroxylation is 1. The van der Waals surface area contributed by atoms with E-state index in [1.54, 1.807) is 6.20 Å². The van der Waals surface area contributed by atoms with Crippen LogP contribution in [0.5, 0.6) is 5.75 Å². The number of nitrogens with one attached hydrogen (secondary N) is 1. The van der Waals surface area contributed by atoms with Gasteiger partial charge in [0, 0.05) is 6.54 Å². The third-order valence-corrected chi connectivity index (χ3v) is 3.01. The van der Waals surface area contributed by atoms with E-state index >= 15 is 0 Å². The Morgan fingerprint density at radius 1 is 1.16 bits per heavy atom. The fraction of sp³-hybridized carbons (Fsp3) is 0.312. The van der Waals surface area contributed by atoms with Gasteiger partial charge in [-0.1, -0.05) is 31.2 Å². The van der Waals surface area contributed by atoms with Crippen molar-refractivity contribution in [1.82, 2.24) is 10.3 Å². The van der Waals surface area contributed by atoms with Gasteiger partial charge in [-0.2, -0.15) is 0 Å². The van der Waals surface area contributed by atoms with E-state index in [0.717, 1.165) is 24.5 Å². The van der Waals surface area contributed by atoms with Gasteiger partial charge in [-0.05, 0) is 36.7 Å². The summed E-state index contributed by atoms with van der Waals surface area (Å²) >= 11 is 0. The Morgan fingerprint density at radius 3 is 2.68 bits per heavy atom. The van der Waals surface area contributed by atoms with Crippen molar-refractivity contribution in [3.63, 3.8) is 0 Å². The number of nitrogens with zero attached hydrogens (tertiary/aromatic N) is 1. The molecule has 3 nitrogen and oxygen atoms in total. The Kier molecular flexibility index (Phi) is 4.93. The fourth-order valence-corrected chi connectivity index (χ4v) is 1.79. The Labute approximate surface area is 114 Å². The smallest absolute Gasteiger partial charge is 0.138 e. The van der Waals surface area contributed by atoms with Crippen LogP contribution in [0, 0.1) is 6.92 Å². The molecule has 2 rings (SSSR count). The van der Waals surface area contributed by atoms with E-state index in [-0.39, 0.29) is 0 Å². The molecule has 0 aliphatic heterocycles. The van der Waals surface area contributed by atoms with Gasteiger partial charge in [0.15, 0.2) is 0 Å². The van der Waals surface area contributed by atoms with Crippen molar-refractivity contribution in [3.8, 4) is 5.75 Å². The third-order valence-electron chi connectivity index (χ3n) is 3.01. The molecular weight excluding hydrogens is 236 g/mol. The highest BCUT2D eigenvalue weighted by Gasteiger charge is 2.00. The average Bonchev–Trinajstić information content (AvgIpc) is 2.45. The van der Waals surface area contributed by atoms with Gasteiger partial charge in [-0.3, -0.25) is 4.98 Å². The van der Waals surface area contributed by atoms with E-state index in [4.69, 9.17) is 4.74 Å². The predicted octanol–water partition coefficient (Wildman–Crippen LogP) is 3.08. The van der Waals surface area contributed by atoms with E-state index < -0.39 is 0 Å². The number of hydrogen-bond donors (Lipinski definition) is 1. The molecular formula is C16H20N2O. The van der Waals surface area contributed by atoms with Crippen molar-refractivity contribution in [3.05, 3.63) is 59.4 Å². The van der Waals surface area contributed by atoms with Gasteiger partial charge in [0.05, 0.1) is 11.9 Å². The molecule has 2 aromatic rings. The van der Waals surface area contributed by atoms with Crippen molar-refractivity contribution in [2.24, 2.45) is 0 Å². The minimum absolute atomic E-state index is 0.584. The second kappa shape index (κ2) is 6.90. The molecule has 0 unspecified atom stereocenters. The van der Waals surface area contributed by atoms with E-state index in [2.05, 4.69) is 36.3 Å². The molecule has 0 atom stereocenters. The van der Waals surface area contributed by atoms with Crippen molar-refractivity contribution in [1.29, 1.82) is 0 Å². The van der Waals surface area contributed by atoms with Crippen LogP contribution in [-0.4, -0.2) is 11.5 Å². The van der Waals surface area contributed by atoms with Gasteiger partial charge in [-0.25, -0.2) is 0 Å². The quantitative estimate of drug-likeness (QED) is 0.862. The normalized spacial score (nSPS) is 10.4. The Hall–Kier alpha value is -1.87. The van der Waals surface area contributed by atoms with Crippen molar-refractivity contribution >= 4 is 0 Å². The number of aromatic nitrogens is 1. The second-order valence-electron chi connectivity index (χ2n) is 4.48. The minimum Gasteiger partial charge on any atom is -0.487 e. The van der Waals surface area contributed by atoms with Crippen molar-refractivity contribution in [2.45, 2.75) is 27.0 Å². The van der Waals surface area contributed by atoms with Crippen LogP contribution < -0.4 is 10.1 Å². The molecule has 0 saturated carbocycles. The minimum atomic E-state index is 0.584. The number of rotatable bonds is 6. The Balaban J connectivity index is 1.91. The molecule has 1 aromatic carbocycles. The predicted molar refractivity (Wildman–Crippen MR) is 77.1 cm³/mol. The Bertz CT molecular complexity index is 508. The molecule has 0 radical (unpaired) electrons. The zero-order chi connectivity index (χ0) is 13.5. The lowest BCUT2D eigenvalue weighted by molar-refractivity contribution is 0.304. The van der Waals surface area contributed by atoms with Crippen LogP contribution in [0.3, 0.4) is 0 Å². The maximum Gasteiger partial charge on any atom is 0.138 e. The molecule has 0 aliphatic carbocycles. The SMILES string of the molecule is CCNCc1ccc(OCc2ccccc2C)cn1. The number of ether oxygens (including phenoxy) is 1. The van der Waals surface area contributed by atoms with Gasteiger partial charge in [0.2, 0.25) is 0 Å². The molecule has 1 heterocycles. The summed E-state index contributed by atoms with van der Waals surface area (Å²) in [6, 6.07) is 12.2. The molecule has 1 aromatic heterocycles. The first-order valence-corrected chi connectivity index (χ1v) is 6.62. The highest BCUT2D eigenvalue weighted by molar-refractivity contribution is 5.26. The number of hydrogen-bond acceptors (Lipinski definition) is 3. The molecule has 1 N–H and O–H groups in total. The molecule has 0 aliphatic rings. The standard InChI is InChI=1S/C16H20N2O/c1-3-17-10-15-8-9-16(11-18-15)19-12-14-7-5-4-6-13(14)2/h4-9,11,17H,3,10,12H2,1-2H3. The summed E-state index contributed by atoms with van der Waals surface area (Å²) < 4.78 is 5.75. The summed E-state index contributed by atoms with van der Waals surface area (Å²) in [5.74, 6) is 0.809. The van der Waals surface area contributed by atoms with Crippen LogP contribution in [0.1, 0.15) is 23.7 Å².